The first-order valence-corrected chi connectivity index (χ1v) is 9.22. The van der Waals surface area contributed by atoms with Crippen molar-refractivity contribution >= 4 is 39.2 Å². The highest BCUT2D eigenvalue weighted by atomic mass is 79.9. The second kappa shape index (κ2) is 7.86. The number of aromatic nitrogens is 1. The Labute approximate surface area is 161 Å². The van der Waals surface area contributed by atoms with E-state index in [1.165, 1.54) is 0 Å². The van der Waals surface area contributed by atoms with E-state index in [0.29, 0.717) is 19.5 Å². The Balaban J connectivity index is 1.62. The first-order valence-electron chi connectivity index (χ1n) is 8.42. The van der Waals surface area contributed by atoms with Gasteiger partial charge in [0.25, 0.3) is 0 Å². The lowest BCUT2D eigenvalue weighted by Gasteiger charge is -2.17. The smallest absolute Gasteiger partial charge is 0.239 e. The van der Waals surface area contributed by atoms with Gasteiger partial charge in [-0.05, 0) is 42.3 Å². The third-order valence-electron chi connectivity index (χ3n) is 4.38. The molecule has 0 aliphatic carbocycles. The van der Waals surface area contributed by atoms with Gasteiger partial charge in [0.05, 0.1) is 0 Å². The van der Waals surface area contributed by atoms with E-state index in [4.69, 9.17) is 0 Å². The van der Waals surface area contributed by atoms with Crippen LogP contribution in [0.2, 0.25) is 0 Å². The summed E-state index contributed by atoms with van der Waals surface area (Å²) in [6, 6.07) is 11.3. The molecule has 1 aliphatic rings. The summed E-state index contributed by atoms with van der Waals surface area (Å²) in [6.07, 6.45) is 2.24. The minimum absolute atomic E-state index is 0.149. The van der Waals surface area contributed by atoms with Gasteiger partial charge in [0, 0.05) is 43.5 Å². The molecule has 1 saturated heterocycles. The zero-order chi connectivity index (χ0) is 18.7. The topological polar surface area (TPSA) is 65.5 Å². The molecule has 26 heavy (non-hydrogen) atoms. The molecule has 1 aromatic heterocycles. The van der Waals surface area contributed by atoms with Gasteiger partial charge >= 0.3 is 0 Å². The van der Waals surface area contributed by atoms with Gasteiger partial charge in [0.15, 0.2) is 0 Å². The molecule has 1 N–H and O–H groups in total. The van der Waals surface area contributed by atoms with Gasteiger partial charge in [-0.2, -0.15) is 0 Å². The summed E-state index contributed by atoms with van der Waals surface area (Å²) in [4.78, 5) is 33.0. The van der Waals surface area contributed by atoms with Crippen LogP contribution in [0.15, 0.2) is 47.1 Å². The predicted octanol–water partition coefficient (Wildman–Crippen LogP) is 2.58. The minimum atomic E-state index is -0.635. The molecule has 7 heteroatoms. The molecule has 1 atom stereocenters. The van der Waals surface area contributed by atoms with Crippen molar-refractivity contribution in [2.24, 2.45) is 5.92 Å². The Hall–Kier alpha value is -2.41. The highest BCUT2D eigenvalue weighted by molar-refractivity contribution is 9.10. The molecule has 136 valence electrons. The highest BCUT2D eigenvalue weighted by Crippen LogP contribution is 2.27. The number of benzene rings is 1. The number of hydrogen-bond acceptors (Lipinski definition) is 4. The van der Waals surface area contributed by atoms with Crippen molar-refractivity contribution in [2.75, 3.05) is 30.4 Å². The largest absolute Gasteiger partial charge is 0.363 e. The first kappa shape index (κ1) is 18.4. The van der Waals surface area contributed by atoms with Crippen LogP contribution in [0.25, 0.3) is 0 Å². The average Bonchev–Trinajstić information content (AvgIpc) is 3.01. The van der Waals surface area contributed by atoms with Crippen LogP contribution < -0.4 is 15.1 Å². The van der Waals surface area contributed by atoms with Gasteiger partial charge in [-0.25, -0.2) is 4.98 Å². The van der Waals surface area contributed by atoms with E-state index in [1.54, 1.807) is 11.1 Å². The van der Waals surface area contributed by atoms with Gasteiger partial charge in [-0.3, -0.25) is 9.59 Å². The monoisotopic (exact) mass is 416 g/mol. The van der Waals surface area contributed by atoms with Crippen LogP contribution in [0.1, 0.15) is 12.0 Å². The summed E-state index contributed by atoms with van der Waals surface area (Å²) in [5, 5.41) is 2.88. The number of amides is 2. The summed E-state index contributed by atoms with van der Waals surface area (Å²) in [5.74, 6) is -0.182. The van der Waals surface area contributed by atoms with E-state index in [0.717, 1.165) is 21.5 Å². The molecule has 6 nitrogen and oxygen atoms in total. The molecule has 0 spiro atoms. The van der Waals surface area contributed by atoms with E-state index in [-0.39, 0.29) is 11.8 Å². The number of rotatable bonds is 5. The van der Waals surface area contributed by atoms with Gasteiger partial charge in [-0.1, -0.05) is 22.0 Å². The molecule has 1 fully saturated rings. The summed E-state index contributed by atoms with van der Waals surface area (Å²) in [7, 11) is 3.83. The van der Waals surface area contributed by atoms with Gasteiger partial charge in [0.2, 0.25) is 11.8 Å². The van der Waals surface area contributed by atoms with E-state index in [2.05, 4.69) is 26.2 Å². The Morgan fingerprint density at radius 1 is 1.35 bits per heavy atom. The van der Waals surface area contributed by atoms with Crippen LogP contribution in [0, 0.1) is 5.92 Å². The maximum atomic E-state index is 12.6. The summed E-state index contributed by atoms with van der Waals surface area (Å²) in [6.45, 7) is 0.927. The third-order valence-corrected chi connectivity index (χ3v) is 4.87. The molecule has 1 aromatic carbocycles. The number of halogens is 1. The van der Waals surface area contributed by atoms with Gasteiger partial charge in [-0.15, -0.1) is 0 Å². The normalized spacial score (nSPS) is 16.7. The van der Waals surface area contributed by atoms with Crippen molar-refractivity contribution in [1.82, 2.24) is 10.3 Å². The van der Waals surface area contributed by atoms with E-state index < -0.39 is 5.92 Å². The summed E-state index contributed by atoms with van der Waals surface area (Å²) < 4.78 is 0.907. The molecule has 0 saturated carbocycles. The number of nitrogens with zero attached hydrogens (tertiary/aromatic N) is 3. The van der Waals surface area contributed by atoms with Gasteiger partial charge in [0.1, 0.15) is 11.7 Å². The predicted molar refractivity (Wildman–Crippen MR) is 105 cm³/mol. The molecule has 0 bridgehead atoms. The van der Waals surface area contributed by atoms with E-state index in [1.807, 2.05) is 55.4 Å². The number of anilines is 2. The second-order valence-electron chi connectivity index (χ2n) is 6.45. The molecule has 2 heterocycles. The van der Waals surface area contributed by atoms with Gasteiger partial charge < -0.3 is 15.1 Å². The molecule has 2 aromatic rings. The van der Waals surface area contributed by atoms with Crippen LogP contribution in [0.4, 0.5) is 11.5 Å². The van der Waals surface area contributed by atoms with Crippen molar-refractivity contribution in [2.45, 2.75) is 13.0 Å². The molecule has 1 aliphatic heterocycles. The third kappa shape index (κ3) is 4.04. The first-order chi connectivity index (χ1) is 12.5. The Morgan fingerprint density at radius 3 is 2.88 bits per heavy atom. The summed E-state index contributed by atoms with van der Waals surface area (Å²) >= 11 is 3.41. The fraction of sp³-hybridized carbons (Fsp3) is 0.316. The Kier molecular flexibility index (Phi) is 5.56. The number of carbonyl (C=O) groups excluding carboxylic acids is 2. The van der Waals surface area contributed by atoms with E-state index >= 15 is 0 Å². The fourth-order valence-electron chi connectivity index (χ4n) is 2.95. The molecule has 0 radical (unpaired) electrons. The lowest BCUT2D eigenvalue weighted by Crippen LogP contribution is -2.36. The number of nitrogens with one attached hydrogen (secondary N) is 1. The molecular formula is C19H21BrN4O2. The molecule has 3 rings (SSSR count). The van der Waals surface area contributed by atoms with Crippen molar-refractivity contribution in [1.29, 1.82) is 0 Å². The Morgan fingerprint density at radius 2 is 2.15 bits per heavy atom. The molecule has 2 amide bonds. The lowest BCUT2D eigenvalue weighted by molar-refractivity contribution is -0.132. The zero-order valence-corrected chi connectivity index (χ0v) is 16.4. The minimum Gasteiger partial charge on any atom is -0.363 e. The number of hydrogen-bond donors (Lipinski definition) is 1. The standard InChI is InChI=1S/C19H21BrN4O2/c1-23(2)17-10-13(6-8-21-17)12-22-18(25)16-7-9-24(19(16)26)15-5-3-4-14(20)11-15/h3-6,8,10-11,16H,7,9,12H2,1-2H3,(H,22,25). The number of carbonyl (C=O) groups is 2. The van der Waals surface area contributed by atoms with Crippen molar-refractivity contribution in [3.63, 3.8) is 0 Å². The number of pyridine rings is 1. The van der Waals surface area contributed by atoms with Crippen molar-refractivity contribution < 1.29 is 9.59 Å². The summed E-state index contributed by atoms with van der Waals surface area (Å²) in [5.41, 5.74) is 1.76. The van der Waals surface area contributed by atoms with Crippen molar-refractivity contribution in [3.05, 3.63) is 52.6 Å². The van der Waals surface area contributed by atoms with Crippen molar-refractivity contribution in [3.8, 4) is 0 Å². The SMILES string of the molecule is CN(C)c1cc(CNC(=O)C2CCN(c3cccc(Br)c3)C2=O)ccn1. The van der Waals surface area contributed by atoms with Crippen LogP contribution in [0.5, 0.6) is 0 Å². The van der Waals surface area contributed by atoms with E-state index in [9.17, 15) is 9.59 Å². The maximum absolute atomic E-state index is 12.6. The zero-order valence-electron chi connectivity index (χ0n) is 14.8. The lowest BCUT2D eigenvalue weighted by atomic mass is 10.1. The Bertz CT molecular complexity index is 825. The highest BCUT2D eigenvalue weighted by Gasteiger charge is 2.37. The van der Waals surface area contributed by atoms with Crippen LogP contribution in [-0.2, 0) is 16.1 Å². The van der Waals surface area contributed by atoms with Crippen LogP contribution >= 0.6 is 15.9 Å². The molecular weight excluding hydrogens is 396 g/mol. The second-order valence-corrected chi connectivity index (χ2v) is 7.36. The average molecular weight is 417 g/mol. The maximum Gasteiger partial charge on any atom is 0.239 e. The fourth-order valence-corrected chi connectivity index (χ4v) is 3.34. The van der Waals surface area contributed by atoms with Crippen LogP contribution in [-0.4, -0.2) is 37.4 Å². The molecule has 1 unspecified atom stereocenters. The van der Waals surface area contributed by atoms with Crippen LogP contribution in [0.3, 0.4) is 0 Å². The quantitative estimate of drug-likeness (QED) is 0.760.